The predicted molar refractivity (Wildman–Crippen MR) is 190 cm³/mol. The monoisotopic (exact) mass is 680 g/mol. The maximum absolute atomic E-state index is 13.1. The normalized spacial score (nSPS) is 13.8. The van der Waals surface area contributed by atoms with E-state index < -0.39 is 36.6 Å². The number of nitrogens with one attached hydrogen (secondary N) is 2. The highest BCUT2D eigenvalue weighted by Gasteiger charge is 2.30. The van der Waals surface area contributed by atoms with E-state index in [1.807, 2.05) is 120 Å². The van der Waals surface area contributed by atoms with E-state index in [-0.39, 0.29) is 12.8 Å². The fourth-order valence-electron chi connectivity index (χ4n) is 5.46. The summed E-state index contributed by atoms with van der Waals surface area (Å²) in [6.45, 7) is 0. The van der Waals surface area contributed by atoms with Crippen molar-refractivity contribution in [2.45, 2.75) is 37.5 Å². The van der Waals surface area contributed by atoms with Gasteiger partial charge < -0.3 is 18.9 Å². The first-order valence-electron chi connectivity index (χ1n) is 15.6. The molecule has 4 atom stereocenters. The first-order valence-corrected chi connectivity index (χ1v) is 17.4. The van der Waals surface area contributed by atoms with Crippen molar-refractivity contribution in [1.29, 1.82) is 0 Å². The van der Waals surface area contributed by atoms with Gasteiger partial charge in [-0.3, -0.25) is 10.6 Å². The van der Waals surface area contributed by atoms with Gasteiger partial charge in [-0.25, -0.2) is 9.59 Å². The van der Waals surface area contributed by atoms with Gasteiger partial charge >= 0.3 is 11.9 Å². The zero-order chi connectivity index (χ0) is 33.3. The van der Waals surface area contributed by atoms with E-state index in [4.69, 9.17) is 18.9 Å². The minimum Gasteiger partial charge on any atom is -0.484 e. The quantitative estimate of drug-likeness (QED) is 0.0679. The van der Waals surface area contributed by atoms with Crippen LogP contribution in [-0.4, -0.2) is 38.5 Å². The fraction of sp³-hybridized carbons (Fsp3) is 0.211. The van der Waals surface area contributed by atoms with Crippen LogP contribution in [0.2, 0.25) is 0 Å². The Morgan fingerprint density at radius 3 is 1.38 bits per heavy atom. The number of rotatable bonds is 14. The topological polar surface area (TPSA) is 95.1 Å². The van der Waals surface area contributed by atoms with Gasteiger partial charge in [0.15, 0.2) is 12.5 Å². The van der Waals surface area contributed by atoms with Crippen LogP contribution in [0, 0.1) is 0 Å². The lowest BCUT2D eigenvalue weighted by Crippen LogP contribution is -2.40. The number of hydrogen-bond acceptors (Lipinski definition) is 10. The second-order valence-corrected chi connectivity index (χ2v) is 12.9. The van der Waals surface area contributed by atoms with E-state index in [9.17, 15) is 9.59 Å². The minimum atomic E-state index is -1.11. The summed E-state index contributed by atoms with van der Waals surface area (Å²) in [4.78, 5) is 26.2. The predicted octanol–water partition coefficient (Wildman–Crippen LogP) is 8.01. The van der Waals surface area contributed by atoms with Crippen LogP contribution in [0.5, 0.6) is 11.5 Å². The molecule has 2 N–H and O–H groups in total. The molecule has 0 fully saturated rings. The SMILES string of the molecule is CNC(C[C@H](Oc1cccc2ccsc12)c1ccccc1)OC(=O)C(=O)OC(C[C@H](Oc1cccc2ccsc12)c1ccccc1)NC. The van der Waals surface area contributed by atoms with Gasteiger partial charge in [-0.15, -0.1) is 22.7 Å². The number of fused-ring (bicyclic) bond motifs is 2. The lowest BCUT2D eigenvalue weighted by atomic mass is 10.1. The maximum atomic E-state index is 13.1. The molecule has 0 radical (unpaired) electrons. The molecular weight excluding hydrogens is 645 g/mol. The van der Waals surface area contributed by atoms with Gasteiger partial charge in [-0.2, -0.15) is 0 Å². The molecule has 0 saturated heterocycles. The molecule has 8 nitrogen and oxygen atoms in total. The fourth-order valence-corrected chi connectivity index (χ4v) is 7.17. The Kier molecular flexibility index (Phi) is 11.0. The molecule has 0 amide bonds. The Hall–Kier alpha value is -4.74. The first kappa shape index (κ1) is 33.2. The Balaban J connectivity index is 1.13. The van der Waals surface area contributed by atoms with Crippen molar-refractivity contribution < 1.29 is 28.5 Å². The smallest absolute Gasteiger partial charge is 0.419 e. The second-order valence-electron chi connectivity index (χ2n) is 11.1. The molecule has 10 heteroatoms. The van der Waals surface area contributed by atoms with Gasteiger partial charge in [0.2, 0.25) is 0 Å². The molecule has 0 bridgehead atoms. The molecule has 246 valence electrons. The molecule has 0 saturated carbocycles. The molecule has 2 aromatic heterocycles. The van der Waals surface area contributed by atoms with Crippen molar-refractivity contribution in [2.24, 2.45) is 0 Å². The van der Waals surface area contributed by atoms with Crippen LogP contribution in [-0.2, 0) is 19.1 Å². The van der Waals surface area contributed by atoms with Crippen molar-refractivity contribution in [3.8, 4) is 11.5 Å². The van der Waals surface area contributed by atoms with Crippen molar-refractivity contribution >= 4 is 54.8 Å². The number of hydrogen-bond donors (Lipinski definition) is 2. The number of ether oxygens (including phenoxy) is 4. The van der Waals surface area contributed by atoms with Crippen LogP contribution >= 0.6 is 22.7 Å². The Morgan fingerprint density at radius 2 is 0.979 bits per heavy atom. The lowest BCUT2D eigenvalue weighted by molar-refractivity contribution is -0.177. The highest BCUT2D eigenvalue weighted by Crippen LogP contribution is 2.36. The molecule has 6 rings (SSSR count). The Labute approximate surface area is 287 Å². The summed E-state index contributed by atoms with van der Waals surface area (Å²) in [7, 11) is 3.33. The average molecular weight is 681 g/mol. The number of benzene rings is 4. The summed E-state index contributed by atoms with van der Waals surface area (Å²) in [5.74, 6) is -0.747. The van der Waals surface area contributed by atoms with E-state index in [1.54, 1.807) is 36.8 Å². The molecular formula is C38H36N2O6S2. The van der Waals surface area contributed by atoms with E-state index >= 15 is 0 Å². The largest absolute Gasteiger partial charge is 0.484 e. The summed E-state index contributed by atoms with van der Waals surface area (Å²) in [6.07, 6.45) is -2.12. The van der Waals surface area contributed by atoms with Crippen LogP contribution in [0.15, 0.2) is 120 Å². The molecule has 0 aliphatic heterocycles. The summed E-state index contributed by atoms with van der Waals surface area (Å²) in [6, 6.07) is 35.4. The number of thiophene rings is 2. The van der Waals surface area contributed by atoms with E-state index in [2.05, 4.69) is 10.6 Å². The van der Waals surface area contributed by atoms with Crippen LogP contribution in [0.1, 0.15) is 36.2 Å². The van der Waals surface area contributed by atoms with Crippen LogP contribution in [0.4, 0.5) is 0 Å². The zero-order valence-electron chi connectivity index (χ0n) is 26.5. The van der Waals surface area contributed by atoms with E-state index in [0.29, 0.717) is 0 Å². The third kappa shape index (κ3) is 8.03. The molecule has 2 heterocycles. The maximum Gasteiger partial charge on any atom is 0.419 e. The molecule has 0 aliphatic carbocycles. The van der Waals surface area contributed by atoms with Crippen LogP contribution in [0.25, 0.3) is 20.2 Å². The van der Waals surface area contributed by atoms with E-state index in [1.165, 1.54) is 0 Å². The van der Waals surface area contributed by atoms with Crippen molar-refractivity contribution in [1.82, 2.24) is 10.6 Å². The summed E-state index contributed by atoms with van der Waals surface area (Å²) in [5, 5.41) is 12.2. The first-order chi connectivity index (χ1) is 23.5. The zero-order valence-corrected chi connectivity index (χ0v) is 28.2. The van der Waals surface area contributed by atoms with Gasteiger partial charge in [0.1, 0.15) is 23.7 Å². The van der Waals surface area contributed by atoms with E-state index in [0.717, 1.165) is 42.8 Å². The highest BCUT2D eigenvalue weighted by molar-refractivity contribution is 7.17. The van der Waals surface area contributed by atoms with Crippen molar-refractivity contribution in [3.63, 3.8) is 0 Å². The summed E-state index contributed by atoms with van der Waals surface area (Å²) >= 11 is 3.20. The molecule has 0 spiro atoms. The van der Waals surface area contributed by atoms with Gasteiger partial charge in [-0.1, -0.05) is 84.9 Å². The van der Waals surface area contributed by atoms with Gasteiger partial charge in [0.25, 0.3) is 0 Å². The molecule has 0 aliphatic rings. The second kappa shape index (κ2) is 15.9. The number of carbonyl (C=O) groups is 2. The Morgan fingerprint density at radius 1 is 0.562 bits per heavy atom. The standard InChI is InChI=1S/C38H36N2O6S2/c1-39-33(23-31(25-11-5-3-6-12-25)43-29-17-9-15-27-19-21-47-35(27)29)45-37(41)38(42)46-34(40-2)24-32(26-13-7-4-8-14-26)44-30-18-10-16-28-20-22-48-36(28)30/h3-22,31-34,39-40H,23-24H2,1-2H3/t31-,32-,33?,34?/m0/s1. The van der Waals surface area contributed by atoms with Crippen LogP contribution in [0.3, 0.4) is 0 Å². The minimum absolute atomic E-state index is 0.245. The summed E-state index contributed by atoms with van der Waals surface area (Å²) in [5.41, 5.74) is 1.82. The van der Waals surface area contributed by atoms with Crippen molar-refractivity contribution in [3.05, 3.63) is 131 Å². The molecule has 4 aromatic carbocycles. The highest BCUT2D eigenvalue weighted by atomic mass is 32.1. The molecule has 6 aromatic rings. The van der Waals surface area contributed by atoms with Crippen molar-refractivity contribution in [2.75, 3.05) is 14.1 Å². The summed E-state index contributed by atoms with van der Waals surface area (Å²) < 4.78 is 26.4. The third-order valence-electron chi connectivity index (χ3n) is 7.93. The van der Waals surface area contributed by atoms with Gasteiger partial charge in [0, 0.05) is 12.8 Å². The average Bonchev–Trinajstić information content (AvgIpc) is 3.82. The van der Waals surface area contributed by atoms with Gasteiger partial charge in [0.05, 0.1) is 9.40 Å². The van der Waals surface area contributed by atoms with Crippen LogP contribution < -0.4 is 20.1 Å². The third-order valence-corrected chi connectivity index (χ3v) is 9.82. The molecule has 2 unspecified atom stereocenters. The lowest BCUT2D eigenvalue weighted by Gasteiger charge is -2.26. The Bertz CT molecular complexity index is 1800. The number of esters is 2. The molecule has 48 heavy (non-hydrogen) atoms. The number of carbonyl (C=O) groups excluding carboxylic acids is 2. The van der Waals surface area contributed by atoms with Gasteiger partial charge in [-0.05, 0) is 71.0 Å².